The van der Waals surface area contributed by atoms with Gasteiger partial charge in [0.15, 0.2) is 5.92 Å². The van der Waals surface area contributed by atoms with E-state index in [2.05, 4.69) is 6.92 Å². The zero-order valence-electron chi connectivity index (χ0n) is 11.6. The van der Waals surface area contributed by atoms with Crippen LogP contribution in [0.3, 0.4) is 0 Å². The van der Waals surface area contributed by atoms with Crippen molar-refractivity contribution in [1.29, 1.82) is 0 Å². The van der Waals surface area contributed by atoms with Crippen LogP contribution in [0.15, 0.2) is 0 Å². The summed E-state index contributed by atoms with van der Waals surface area (Å²) in [7, 11) is 1.33. The Labute approximate surface area is 108 Å². The molecular weight excluding hydrogens is 232 g/mol. The molecule has 0 N–H and O–H groups in total. The molecule has 0 spiro atoms. The summed E-state index contributed by atoms with van der Waals surface area (Å²) in [6.07, 6.45) is 3.05. The fourth-order valence-corrected chi connectivity index (χ4v) is 3.63. The molecule has 0 unspecified atom stereocenters. The molecule has 0 aromatic rings. The molecule has 1 aliphatic heterocycles. The number of rotatable bonds is 1. The first kappa shape index (κ1) is 13.4. The fraction of sp³-hybridized carbons (Fsp3) is 0.857. The third-order valence-electron chi connectivity index (χ3n) is 4.56. The maximum atomic E-state index is 12.0. The van der Waals surface area contributed by atoms with E-state index in [-0.39, 0.29) is 11.8 Å². The summed E-state index contributed by atoms with van der Waals surface area (Å²) in [6.45, 7) is 6.08. The van der Waals surface area contributed by atoms with Crippen molar-refractivity contribution in [1.82, 2.24) is 0 Å². The molecular formula is C14H22O4. The van der Waals surface area contributed by atoms with Crippen molar-refractivity contribution in [2.45, 2.75) is 45.6 Å². The van der Waals surface area contributed by atoms with Crippen LogP contribution in [0.4, 0.5) is 0 Å². The van der Waals surface area contributed by atoms with Crippen LogP contribution in [-0.2, 0) is 19.1 Å². The summed E-state index contributed by atoms with van der Waals surface area (Å²) in [4.78, 5) is 23.9. The Balaban J connectivity index is 2.31. The van der Waals surface area contributed by atoms with Crippen LogP contribution in [0.2, 0.25) is 0 Å². The molecule has 0 aromatic heterocycles. The first-order valence-corrected chi connectivity index (χ1v) is 6.67. The molecule has 18 heavy (non-hydrogen) atoms. The summed E-state index contributed by atoms with van der Waals surface area (Å²) in [6, 6.07) is 0. The molecule has 1 saturated heterocycles. The minimum atomic E-state index is -0.726. The van der Waals surface area contributed by atoms with E-state index in [1.54, 1.807) is 0 Å². The van der Waals surface area contributed by atoms with Crippen molar-refractivity contribution in [3.63, 3.8) is 0 Å². The zero-order valence-corrected chi connectivity index (χ0v) is 11.6. The molecule has 0 radical (unpaired) electrons. The summed E-state index contributed by atoms with van der Waals surface area (Å²) >= 11 is 0. The Hall–Kier alpha value is -1.06. The topological polar surface area (TPSA) is 52.6 Å². The molecule has 0 amide bonds. The number of carbonyl (C=O) groups excluding carboxylic acids is 2. The lowest BCUT2D eigenvalue weighted by atomic mass is 9.62. The van der Waals surface area contributed by atoms with Gasteiger partial charge in [-0.05, 0) is 38.5 Å². The molecule has 2 aliphatic rings. The highest BCUT2D eigenvalue weighted by Gasteiger charge is 2.54. The minimum absolute atomic E-state index is 0.0671. The third-order valence-corrected chi connectivity index (χ3v) is 4.56. The Morgan fingerprint density at radius 2 is 2.06 bits per heavy atom. The maximum absolute atomic E-state index is 12.0. The monoisotopic (exact) mass is 254 g/mol. The van der Waals surface area contributed by atoms with E-state index in [0.717, 1.165) is 19.3 Å². The highest BCUT2D eigenvalue weighted by molar-refractivity contribution is 5.96. The van der Waals surface area contributed by atoms with Gasteiger partial charge in [-0.2, -0.15) is 0 Å². The van der Waals surface area contributed by atoms with Gasteiger partial charge in [0, 0.05) is 5.92 Å². The Bertz CT molecular complexity index is 361. The highest BCUT2D eigenvalue weighted by atomic mass is 16.6. The van der Waals surface area contributed by atoms with E-state index in [0.29, 0.717) is 5.92 Å². The van der Waals surface area contributed by atoms with Crippen LogP contribution in [-0.4, -0.2) is 24.6 Å². The van der Waals surface area contributed by atoms with Crippen LogP contribution < -0.4 is 0 Å². The van der Waals surface area contributed by atoms with Gasteiger partial charge in [-0.1, -0.05) is 13.3 Å². The summed E-state index contributed by atoms with van der Waals surface area (Å²) in [5.41, 5.74) is -0.466. The van der Waals surface area contributed by atoms with E-state index >= 15 is 0 Å². The van der Waals surface area contributed by atoms with Gasteiger partial charge in [-0.25, -0.2) is 0 Å². The van der Waals surface area contributed by atoms with Gasteiger partial charge < -0.3 is 9.47 Å². The minimum Gasteiger partial charge on any atom is -0.468 e. The summed E-state index contributed by atoms with van der Waals surface area (Å²) in [5, 5.41) is 0. The molecule has 0 aromatic carbocycles. The highest BCUT2D eigenvalue weighted by Crippen LogP contribution is 2.48. The van der Waals surface area contributed by atoms with E-state index in [9.17, 15) is 9.59 Å². The van der Waals surface area contributed by atoms with Crippen molar-refractivity contribution in [3.8, 4) is 0 Å². The van der Waals surface area contributed by atoms with Crippen molar-refractivity contribution in [2.24, 2.45) is 23.7 Å². The van der Waals surface area contributed by atoms with Crippen molar-refractivity contribution >= 4 is 11.9 Å². The van der Waals surface area contributed by atoms with Crippen molar-refractivity contribution in [2.75, 3.05) is 7.11 Å². The van der Waals surface area contributed by atoms with Gasteiger partial charge in [0.25, 0.3) is 0 Å². The van der Waals surface area contributed by atoms with Crippen LogP contribution in [0, 0.1) is 23.7 Å². The second-order valence-corrected chi connectivity index (χ2v) is 6.21. The first-order chi connectivity index (χ1) is 8.36. The number of ether oxygens (including phenoxy) is 2. The number of fused-ring (bicyclic) bond motifs is 1. The Kier molecular flexibility index (Phi) is 3.39. The third kappa shape index (κ3) is 2.13. The molecule has 1 saturated carbocycles. The second-order valence-electron chi connectivity index (χ2n) is 6.21. The van der Waals surface area contributed by atoms with Gasteiger partial charge in [0.1, 0.15) is 5.60 Å². The lowest BCUT2D eigenvalue weighted by molar-refractivity contribution is -0.199. The number of hydrogen-bond acceptors (Lipinski definition) is 4. The van der Waals surface area contributed by atoms with Gasteiger partial charge in [0.05, 0.1) is 7.11 Å². The normalized spacial score (nSPS) is 38.6. The van der Waals surface area contributed by atoms with Gasteiger partial charge >= 0.3 is 11.9 Å². The van der Waals surface area contributed by atoms with Crippen LogP contribution in [0.5, 0.6) is 0 Å². The molecule has 1 aliphatic carbocycles. The quantitative estimate of drug-likeness (QED) is 0.531. The van der Waals surface area contributed by atoms with Crippen LogP contribution in [0.25, 0.3) is 0 Å². The molecule has 2 rings (SSSR count). The Morgan fingerprint density at radius 3 is 2.67 bits per heavy atom. The molecule has 4 nitrogen and oxygen atoms in total. The van der Waals surface area contributed by atoms with Gasteiger partial charge in [-0.15, -0.1) is 0 Å². The second kappa shape index (κ2) is 4.56. The van der Waals surface area contributed by atoms with Gasteiger partial charge in [0.2, 0.25) is 0 Å². The standard InChI is InChI=1S/C14H22O4/c1-8-5-6-10-9(7-8)11(12(15)17-4)13(16)18-14(10,2)3/h8-11H,5-7H2,1-4H3/t8-,9+,10+,11-/m1/s1. The molecule has 1 heterocycles. The molecule has 102 valence electrons. The van der Waals surface area contributed by atoms with E-state index in [4.69, 9.17) is 9.47 Å². The number of methoxy groups -OCH3 is 1. The Morgan fingerprint density at radius 1 is 1.39 bits per heavy atom. The van der Waals surface area contributed by atoms with Crippen LogP contribution >= 0.6 is 0 Å². The molecule has 0 bridgehead atoms. The largest absolute Gasteiger partial charge is 0.468 e. The van der Waals surface area contributed by atoms with Crippen molar-refractivity contribution in [3.05, 3.63) is 0 Å². The predicted molar refractivity (Wildman–Crippen MR) is 65.7 cm³/mol. The van der Waals surface area contributed by atoms with Crippen LogP contribution in [0.1, 0.15) is 40.0 Å². The number of esters is 2. The zero-order chi connectivity index (χ0) is 13.5. The lowest BCUT2D eigenvalue weighted by Gasteiger charge is -2.49. The number of cyclic esters (lactones) is 1. The molecule has 4 heteroatoms. The van der Waals surface area contributed by atoms with E-state index in [1.807, 2.05) is 13.8 Å². The average Bonchev–Trinajstić information content (AvgIpc) is 2.26. The fourth-order valence-electron chi connectivity index (χ4n) is 3.63. The smallest absolute Gasteiger partial charge is 0.321 e. The molecule has 2 fully saturated rings. The lowest BCUT2D eigenvalue weighted by Crippen LogP contribution is -2.55. The predicted octanol–water partition coefficient (Wildman–Crippen LogP) is 2.16. The SMILES string of the molecule is COC(=O)[C@@H]1C(=O)OC(C)(C)[C@H]2CC[C@@H](C)C[C@H]12. The number of hydrogen-bond donors (Lipinski definition) is 0. The number of carbonyl (C=O) groups is 2. The maximum Gasteiger partial charge on any atom is 0.321 e. The van der Waals surface area contributed by atoms with E-state index < -0.39 is 23.5 Å². The van der Waals surface area contributed by atoms with E-state index in [1.165, 1.54) is 7.11 Å². The van der Waals surface area contributed by atoms with Gasteiger partial charge in [-0.3, -0.25) is 9.59 Å². The summed E-state index contributed by atoms with van der Waals surface area (Å²) in [5.74, 6) is -0.703. The average molecular weight is 254 g/mol. The van der Waals surface area contributed by atoms with Crippen molar-refractivity contribution < 1.29 is 19.1 Å². The first-order valence-electron chi connectivity index (χ1n) is 6.67. The molecule has 4 atom stereocenters. The summed E-state index contributed by atoms with van der Waals surface area (Å²) < 4.78 is 10.2.